The lowest BCUT2D eigenvalue weighted by Gasteiger charge is -2.32. The quantitative estimate of drug-likeness (QED) is 0.850. The third kappa shape index (κ3) is 3.14. The summed E-state index contributed by atoms with van der Waals surface area (Å²) in [6.07, 6.45) is -1.41. The van der Waals surface area contributed by atoms with E-state index in [-0.39, 0.29) is 6.10 Å². The molecule has 2 heterocycles. The predicted molar refractivity (Wildman–Crippen MR) is 64.0 cm³/mol. The number of rotatable bonds is 3. The summed E-state index contributed by atoms with van der Waals surface area (Å²) in [4.78, 5) is 5.11. The Hall–Kier alpha value is -0.820. The number of nitrogens with zero attached hydrogens (tertiary/aromatic N) is 2. The van der Waals surface area contributed by atoms with E-state index >= 15 is 0 Å². The highest BCUT2D eigenvalue weighted by Crippen LogP contribution is 2.36. The van der Waals surface area contributed by atoms with Crippen molar-refractivity contribution in [3.05, 3.63) is 11.1 Å². The van der Waals surface area contributed by atoms with E-state index in [1.807, 2.05) is 11.8 Å². The van der Waals surface area contributed by atoms with Crippen molar-refractivity contribution in [2.45, 2.75) is 32.0 Å². The molecule has 18 heavy (non-hydrogen) atoms. The van der Waals surface area contributed by atoms with Crippen molar-refractivity contribution in [3.63, 3.8) is 0 Å². The molecule has 1 fully saturated rings. The van der Waals surface area contributed by atoms with Gasteiger partial charge in [0.15, 0.2) is 5.13 Å². The van der Waals surface area contributed by atoms with Crippen LogP contribution in [0.2, 0.25) is 0 Å². The summed E-state index contributed by atoms with van der Waals surface area (Å²) in [7, 11) is 0. The van der Waals surface area contributed by atoms with Gasteiger partial charge in [-0.3, -0.25) is 0 Å². The first-order valence-electron chi connectivity index (χ1n) is 5.90. The van der Waals surface area contributed by atoms with E-state index < -0.39 is 11.1 Å². The van der Waals surface area contributed by atoms with Gasteiger partial charge in [-0.2, -0.15) is 13.2 Å². The molecule has 3 nitrogen and oxygen atoms in total. The van der Waals surface area contributed by atoms with Crippen LogP contribution in [0.5, 0.6) is 0 Å². The van der Waals surface area contributed by atoms with Gasteiger partial charge in [0, 0.05) is 19.7 Å². The maximum atomic E-state index is 12.5. The molecule has 7 heteroatoms. The summed E-state index contributed by atoms with van der Waals surface area (Å²) in [6.45, 7) is 3.92. The predicted octanol–water partition coefficient (Wildman–Crippen LogP) is 3.17. The number of ether oxygens (including phenoxy) is 1. The first kappa shape index (κ1) is 13.6. The van der Waals surface area contributed by atoms with Gasteiger partial charge in [-0.15, -0.1) is 0 Å². The molecule has 0 radical (unpaired) electrons. The van der Waals surface area contributed by atoms with Crippen LogP contribution in [-0.2, 0) is 10.9 Å². The van der Waals surface area contributed by atoms with Crippen molar-refractivity contribution in [3.8, 4) is 0 Å². The van der Waals surface area contributed by atoms with Crippen molar-refractivity contribution >= 4 is 16.5 Å². The van der Waals surface area contributed by atoms with Crippen LogP contribution in [-0.4, -0.2) is 30.8 Å². The number of thiazole rings is 1. The zero-order valence-corrected chi connectivity index (χ0v) is 10.9. The normalized spacial score (nSPS) is 21.3. The van der Waals surface area contributed by atoms with Crippen LogP contribution < -0.4 is 4.90 Å². The highest BCUT2D eigenvalue weighted by molar-refractivity contribution is 7.15. The molecule has 1 unspecified atom stereocenters. The number of hydrogen-bond donors (Lipinski definition) is 0. The molecule has 1 aromatic rings. The Morgan fingerprint density at radius 1 is 1.56 bits per heavy atom. The lowest BCUT2D eigenvalue weighted by atomic mass is 10.1. The minimum absolute atomic E-state index is 0.0991. The van der Waals surface area contributed by atoms with Gasteiger partial charge < -0.3 is 9.64 Å². The third-order valence-corrected chi connectivity index (χ3v) is 3.93. The first-order valence-corrected chi connectivity index (χ1v) is 6.72. The molecule has 2 rings (SSSR count). The molecule has 0 aliphatic carbocycles. The monoisotopic (exact) mass is 280 g/mol. The van der Waals surface area contributed by atoms with Crippen LogP contribution in [0.1, 0.15) is 24.6 Å². The average molecular weight is 280 g/mol. The largest absolute Gasteiger partial charge is 0.427 e. The van der Waals surface area contributed by atoms with E-state index in [4.69, 9.17) is 4.74 Å². The zero-order chi connectivity index (χ0) is 13.2. The van der Waals surface area contributed by atoms with Gasteiger partial charge in [-0.25, -0.2) is 4.98 Å². The van der Waals surface area contributed by atoms with E-state index in [1.165, 1.54) is 0 Å². The molecule has 0 bridgehead atoms. The van der Waals surface area contributed by atoms with E-state index in [0.717, 1.165) is 25.6 Å². The Morgan fingerprint density at radius 2 is 2.33 bits per heavy atom. The molecule has 1 saturated heterocycles. The molecular formula is C11H15F3N2OS. The number of aromatic nitrogens is 1. The van der Waals surface area contributed by atoms with Crippen LogP contribution >= 0.6 is 11.3 Å². The van der Waals surface area contributed by atoms with Crippen molar-refractivity contribution in [1.29, 1.82) is 0 Å². The summed E-state index contributed by atoms with van der Waals surface area (Å²) >= 11 is 0.701. The fraction of sp³-hybridized carbons (Fsp3) is 0.727. The van der Waals surface area contributed by atoms with Crippen LogP contribution in [0.3, 0.4) is 0 Å². The Labute approximate surface area is 108 Å². The van der Waals surface area contributed by atoms with Gasteiger partial charge in [-0.05, 0) is 19.8 Å². The van der Waals surface area contributed by atoms with E-state index in [0.29, 0.717) is 29.6 Å². The SMILES string of the molecule is CCOC1CCCN(c2ncc(C(F)(F)F)s2)C1. The smallest absolute Gasteiger partial charge is 0.377 e. The van der Waals surface area contributed by atoms with Gasteiger partial charge in [0.25, 0.3) is 0 Å². The van der Waals surface area contributed by atoms with Crippen LogP contribution in [0.15, 0.2) is 6.20 Å². The fourth-order valence-electron chi connectivity index (χ4n) is 2.03. The highest BCUT2D eigenvalue weighted by atomic mass is 32.1. The van der Waals surface area contributed by atoms with Gasteiger partial charge in [0.2, 0.25) is 0 Å². The molecule has 1 aliphatic heterocycles. The minimum atomic E-state index is -4.30. The van der Waals surface area contributed by atoms with E-state index in [9.17, 15) is 13.2 Å². The summed E-state index contributed by atoms with van der Waals surface area (Å²) in [5, 5.41) is 0.437. The third-order valence-electron chi connectivity index (χ3n) is 2.82. The lowest BCUT2D eigenvalue weighted by Crippen LogP contribution is -2.39. The van der Waals surface area contributed by atoms with Crippen LogP contribution in [0.25, 0.3) is 0 Å². The Morgan fingerprint density at radius 3 is 2.94 bits per heavy atom. The second kappa shape index (κ2) is 5.44. The second-order valence-electron chi connectivity index (χ2n) is 4.17. The van der Waals surface area contributed by atoms with Gasteiger partial charge in [-0.1, -0.05) is 11.3 Å². The zero-order valence-electron chi connectivity index (χ0n) is 10.0. The van der Waals surface area contributed by atoms with Crippen molar-refractivity contribution in [2.24, 2.45) is 0 Å². The van der Waals surface area contributed by atoms with Crippen molar-refractivity contribution in [1.82, 2.24) is 4.98 Å². The topological polar surface area (TPSA) is 25.4 Å². The van der Waals surface area contributed by atoms with Crippen molar-refractivity contribution in [2.75, 3.05) is 24.6 Å². The Kier molecular flexibility index (Phi) is 4.11. The molecule has 0 spiro atoms. The molecule has 102 valence electrons. The molecule has 0 aromatic carbocycles. The first-order chi connectivity index (χ1) is 8.50. The second-order valence-corrected chi connectivity index (χ2v) is 5.18. The average Bonchev–Trinajstić information content (AvgIpc) is 2.78. The van der Waals surface area contributed by atoms with E-state index in [2.05, 4.69) is 4.98 Å². The Bertz CT molecular complexity index is 392. The molecule has 1 atom stereocenters. The fourth-order valence-corrected chi connectivity index (χ4v) is 2.84. The highest BCUT2D eigenvalue weighted by Gasteiger charge is 2.34. The van der Waals surface area contributed by atoms with Gasteiger partial charge in [0.05, 0.1) is 12.3 Å². The maximum Gasteiger partial charge on any atom is 0.427 e. The number of alkyl halides is 3. The molecular weight excluding hydrogens is 265 g/mol. The van der Waals surface area contributed by atoms with Crippen LogP contribution in [0, 0.1) is 0 Å². The number of piperidine rings is 1. The number of anilines is 1. The molecule has 1 aromatic heterocycles. The van der Waals surface area contributed by atoms with Gasteiger partial charge >= 0.3 is 6.18 Å². The Balaban J connectivity index is 2.05. The van der Waals surface area contributed by atoms with Gasteiger partial charge in [0.1, 0.15) is 4.88 Å². The minimum Gasteiger partial charge on any atom is -0.377 e. The standard InChI is InChI=1S/C11H15F3N2OS/c1-2-17-8-4-3-5-16(7-8)10-15-6-9(18-10)11(12,13)14/h6,8H,2-5,7H2,1H3. The maximum absolute atomic E-state index is 12.5. The molecule has 0 N–H and O–H groups in total. The summed E-state index contributed by atoms with van der Waals surface area (Å²) in [5.41, 5.74) is 0. The van der Waals surface area contributed by atoms with Crippen LogP contribution in [0.4, 0.5) is 18.3 Å². The lowest BCUT2D eigenvalue weighted by molar-refractivity contribution is -0.134. The molecule has 0 amide bonds. The number of halogens is 3. The summed E-state index contributed by atoms with van der Waals surface area (Å²) in [5.74, 6) is 0. The molecule has 0 saturated carbocycles. The summed E-state index contributed by atoms with van der Waals surface area (Å²) in [6, 6.07) is 0. The van der Waals surface area contributed by atoms with E-state index in [1.54, 1.807) is 0 Å². The summed E-state index contributed by atoms with van der Waals surface area (Å²) < 4.78 is 43.0. The van der Waals surface area contributed by atoms with Crippen molar-refractivity contribution < 1.29 is 17.9 Å². The number of hydrogen-bond acceptors (Lipinski definition) is 4. The molecule has 1 aliphatic rings.